The maximum Gasteiger partial charge on any atom is 0.324 e. The summed E-state index contributed by atoms with van der Waals surface area (Å²) in [6.45, 7) is 7.98. The summed E-state index contributed by atoms with van der Waals surface area (Å²) in [5.41, 5.74) is -1.39. The predicted molar refractivity (Wildman–Crippen MR) is 108 cm³/mol. The zero-order chi connectivity index (χ0) is 20.9. The molecule has 0 saturated carbocycles. The monoisotopic (exact) mass is 416 g/mol. The van der Waals surface area contributed by atoms with Crippen LogP contribution in [0.2, 0.25) is 0 Å². The number of hydrogen-bond donors (Lipinski definition) is 1. The normalized spacial score (nSPS) is 27.7. The van der Waals surface area contributed by atoms with Gasteiger partial charge >= 0.3 is 11.9 Å². The number of esters is 2. The molecule has 3 heterocycles. The number of benzene rings is 1. The molecular weight excluding hydrogens is 392 g/mol. The number of hydrogen-bond acceptors (Lipinski definition) is 8. The van der Waals surface area contributed by atoms with E-state index >= 15 is 0 Å². The van der Waals surface area contributed by atoms with Gasteiger partial charge in [0.1, 0.15) is 11.4 Å². The number of aromatic nitrogens is 1. The lowest BCUT2D eigenvalue weighted by atomic mass is 9.75. The maximum atomic E-state index is 12.7. The number of ether oxygens (including phenoxy) is 3. The summed E-state index contributed by atoms with van der Waals surface area (Å²) in [5.74, 6) is -0.219. The van der Waals surface area contributed by atoms with E-state index in [0.717, 1.165) is 11.4 Å². The van der Waals surface area contributed by atoms with Gasteiger partial charge in [-0.1, -0.05) is 0 Å². The fourth-order valence-corrected chi connectivity index (χ4v) is 4.95. The molecule has 0 amide bonds. The Kier molecular flexibility index (Phi) is 4.57. The molecule has 1 aromatic carbocycles. The minimum atomic E-state index is -1.25. The first-order valence-electron chi connectivity index (χ1n) is 9.59. The highest BCUT2D eigenvalue weighted by Crippen LogP contribution is 2.54. The van der Waals surface area contributed by atoms with Gasteiger partial charge in [-0.15, -0.1) is 11.3 Å². The Morgan fingerprint density at radius 3 is 2.41 bits per heavy atom. The summed E-state index contributed by atoms with van der Waals surface area (Å²) in [5, 5.41) is 5.78. The Bertz CT molecular complexity index is 954. The standard InChI is InChI=1S/C21H24N2O5S/c1-5-26-14-8-6-13(7-9-14)22-18-23-15(10-29-18)20(4)12-21(17(25)28-20)11-19(2,3)27-16(21)24/h6-10H,5,11-12H2,1-4H3,(H,22,23)/t20-,21-/m0/s1. The van der Waals surface area contributed by atoms with E-state index in [1.54, 1.807) is 6.92 Å². The van der Waals surface area contributed by atoms with Crippen LogP contribution < -0.4 is 10.1 Å². The summed E-state index contributed by atoms with van der Waals surface area (Å²) in [4.78, 5) is 29.8. The fraction of sp³-hybridized carbons (Fsp3) is 0.476. The van der Waals surface area contributed by atoms with E-state index in [9.17, 15) is 9.59 Å². The number of nitrogens with zero attached hydrogens (tertiary/aromatic N) is 1. The summed E-state index contributed by atoms with van der Waals surface area (Å²) in [6.07, 6.45) is 0.544. The van der Waals surface area contributed by atoms with Crippen molar-refractivity contribution in [3.8, 4) is 5.75 Å². The van der Waals surface area contributed by atoms with E-state index < -0.39 is 28.6 Å². The van der Waals surface area contributed by atoms with Gasteiger partial charge in [-0.3, -0.25) is 9.59 Å². The molecule has 2 fully saturated rings. The highest BCUT2D eigenvalue weighted by atomic mass is 32.1. The van der Waals surface area contributed by atoms with E-state index in [4.69, 9.17) is 14.2 Å². The largest absolute Gasteiger partial charge is 0.494 e. The summed E-state index contributed by atoms with van der Waals surface area (Å²) in [6, 6.07) is 7.60. The second-order valence-corrected chi connectivity index (χ2v) is 9.18. The first-order valence-corrected chi connectivity index (χ1v) is 10.5. The van der Waals surface area contributed by atoms with Crippen LogP contribution in [0.5, 0.6) is 5.75 Å². The van der Waals surface area contributed by atoms with E-state index in [-0.39, 0.29) is 6.42 Å². The van der Waals surface area contributed by atoms with Gasteiger partial charge in [0, 0.05) is 23.9 Å². The Labute approximate surface area is 173 Å². The summed E-state index contributed by atoms with van der Waals surface area (Å²) >= 11 is 1.42. The number of nitrogens with one attached hydrogen (secondary N) is 1. The molecule has 8 heteroatoms. The van der Waals surface area contributed by atoms with Gasteiger partial charge < -0.3 is 19.5 Å². The van der Waals surface area contributed by atoms with Gasteiger partial charge in [-0.2, -0.15) is 0 Å². The molecule has 0 aliphatic carbocycles. The third-order valence-corrected chi connectivity index (χ3v) is 6.06. The molecule has 1 N–H and O–H groups in total. The van der Waals surface area contributed by atoms with Crippen LogP contribution in [0.1, 0.15) is 46.2 Å². The van der Waals surface area contributed by atoms with Crippen molar-refractivity contribution in [2.45, 2.75) is 51.7 Å². The molecule has 7 nitrogen and oxygen atoms in total. The van der Waals surface area contributed by atoms with Crippen LogP contribution in [-0.2, 0) is 24.7 Å². The van der Waals surface area contributed by atoms with Crippen molar-refractivity contribution in [2.75, 3.05) is 11.9 Å². The molecule has 2 aliphatic heterocycles. The van der Waals surface area contributed by atoms with Crippen molar-refractivity contribution < 1.29 is 23.8 Å². The third-order valence-electron chi connectivity index (χ3n) is 5.30. The smallest absolute Gasteiger partial charge is 0.324 e. The Hall–Kier alpha value is -2.61. The predicted octanol–water partition coefficient (Wildman–Crippen LogP) is 4.16. The van der Waals surface area contributed by atoms with E-state index in [2.05, 4.69) is 10.3 Å². The SMILES string of the molecule is CCOc1ccc(Nc2nc([C@]3(C)C[C@]4(CC(C)(C)OC4=O)C(=O)O3)cs2)cc1. The molecule has 2 atom stereocenters. The number of cyclic esters (lactones) is 2. The number of thiazole rings is 1. The maximum absolute atomic E-state index is 12.7. The van der Waals surface area contributed by atoms with Crippen LogP contribution in [-0.4, -0.2) is 29.1 Å². The van der Waals surface area contributed by atoms with Crippen molar-refractivity contribution in [1.82, 2.24) is 4.98 Å². The minimum Gasteiger partial charge on any atom is -0.494 e. The zero-order valence-electron chi connectivity index (χ0n) is 16.9. The number of rotatable bonds is 5. The molecule has 2 aliphatic rings. The average molecular weight is 416 g/mol. The first kappa shape index (κ1) is 19.7. The van der Waals surface area contributed by atoms with E-state index in [0.29, 0.717) is 23.9 Å². The lowest BCUT2D eigenvalue weighted by Crippen LogP contribution is -2.32. The van der Waals surface area contributed by atoms with Crippen LogP contribution in [0, 0.1) is 5.41 Å². The molecule has 1 spiro atoms. The third kappa shape index (κ3) is 3.46. The molecular formula is C21H24N2O5S. The van der Waals surface area contributed by atoms with Gasteiger partial charge in [0.15, 0.2) is 16.1 Å². The summed E-state index contributed by atoms with van der Waals surface area (Å²) in [7, 11) is 0. The fourth-order valence-electron chi connectivity index (χ4n) is 4.10. The van der Waals surface area contributed by atoms with Crippen molar-refractivity contribution in [3.05, 3.63) is 35.3 Å². The highest BCUT2D eigenvalue weighted by Gasteiger charge is 2.67. The molecule has 29 heavy (non-hydrogen) atoms. The van der Waals surface area contributed by atoms with Crippen LogP contribution in [0.15, 0.2) is 29.6 Å². The van der Waals surface area contributed by atoms with Gasteiger partial charge in [0.05, 0.1) is 12.3 Å². The molecule has 0 unspecified atom stereocenters. The Balaban J connectivity index is 1.52. The average Bonchev–Trinajstić information content (AvgIpc) is 3.27. The van der Waals surface area contributed by atoms with Crippen LogP contribution in [0.25, 0.3) is 0 Å². The van der Waals surface area contributed by atoms with Crippen LogP contribution in [0.4, 0.5) is 10.8 Å². The lowest BCUT2D eigenvalue weighted by Gasteiger charge is -2.20. The minimum absolute atomic E-state index is 0.229. The Morgan fingerprint density at radius 1 is 1.10 bits per heavy atom. The number of carbonyl (C=O) groups excluding carboxylic acids is 2. The molecule has 154 valence electrons. The van der Waals surface area contributed by atoms with Gasteiger partial charge in [-0.05, 0) is 52.0 Å². The van der Waals surface area contributed by atoms with Gasteiger partial charge in [0.25, 0.3) is 0 Å². The van der Waals surface area contributed by atoms with E-state index in [1.807, 2.05) is 50.4 Å². The van der Waals surface area contributed by atoms with Crippen molar-refractivity contribution >= 4 is 34.1 Å². The van der Waals surface area contributed by atoms with Crippen molar-refractivity contribution in [1.29, 1.82) is 0 Å². The van der Waals surface area contributed by atoms with E-state index in [1.165, 1.54) is 11.3 Å². The van der Waals surface area contributed by atoms with Crippen molar-refractivity contribution in [3.63, 3.8) is 0 Å². The Morgan fingerprint density at radius 2 is 1.79 bits per heavy atom. The summed E-state index contributed by atoms with van der Waals surface area (Å²) < 4.78 is 16.6. The molecule has 2 saturated heterocycles. The quantitative estimate of drug-likeness (QED) is 0.578. The van der Waals surface area contributed by atoms with Gasteiger partial charge in [-0.25, -0.2) is 4.98 Å². The number of anilines is 2. The number of carbonyl (C=O) groups is 2. The van der Waals surface area contributed by atoms with Crippen LogP contribution >= 0.6 is 11.3 Å². The second-order valence-electron chi connectivity index (χ2n) is 8.33. The zero-order valence-corrected chi connectivity index (χ0v) is 17.7. The molecule has 2 aromatic rings. The molecule has 1 aromatic heterocycles. The molecule has 0 radical (unpaired) electrons. The van der Waals surface area contributed by atoms with Crippen molar-refractivity contribution in [2.24, 2.45) is 5.41 Å². The first-order chi connectivity index (χ1) is 13.7. The van der Waals surface area contributed by atoms with Gasteiger partial charge in [0.2, 0.25) is 0 Å². The second kappa shape index (κ2) is 6.73. The molecule has 4 rings (SSSR count). The molecule has 0 bridgehead atoms. The van der Waals surface area contributed by atoms with Crippen LogP contribution in [0.3, 0.4) is 0 Å². The lowest BCUT2D eigenvalue weighted by molar-refractivity contribution is -0.161. The highest BCUT2D eigenvalue weighted by molar-refractivity contribution is 7.13. The topological polar surface area (TPSA) is 86.8 Å².